The van der Waals surface area contributed by atoms with Crippen molar-refractivity contribution in [1.29, 1.82) is 0 Å². The van der Waals surface area contributed by atoms with Gasteiger partial charge in [0.2, 0.25) is 5.91 Å². The van der Waals surface area contributed by atoms with Gasteiger partial charge in [-0.05, 0) is 51.4 Å². The summed E-state index contributed by atoms with van der Waals surface area (Å²) in [4.78, 5) is 18.2. The van der Waals surface area contributed by atoms with Gasteiger partial charge in [0.05, 0.1) is 6.42 Å². The molecule has 1 aliphatic rings. The third-order valence-corrected chi connectivity index (χ3v) is 5.57. The van der Waals surface area contributed by atoms with Crippen LogP contribution in [0.25, 0.3) is 10.9 Å². The van der Waals surface area contributed by atoms with E-state index in [2.05, 4.69) is 34.4 Å². The highest BCUT2D eigenvalue weighted by atomic mass is 16.1. The minimum Gasteiger partial charge on any atom is -0.358 e. The van der Waals surface area contributed by atoms with Gasteiger partial charge in [-0.15, -0.1) is 0 Å². The zero-order valence-corrected chi connectivity index (χ0v) is 15.6. The molecule has 4 nitrogen and oxygen atoms in total. The number of nitrogens with one attached hydrogen (secondary N) is 2. The van der Waals surface area contributed by atoms with E-state index < -0.39 is 0 Å². The molecule has 136 valence electrons. The van der Waals surface area contributed by atoms with Crippen LogP contribution in [0.4, 0.5) is 0 Å². The number of aromatic nitrogens is 1. The van der Waals surface area contributed by atoms with Crippen LogP contribution in [0.2, 0.25) is 0 Å². The van der Waals surface area contributed by atoms with Crippen LogP contribution >= 0.6 is 0 Å². The van der Waals surface area contributed by atoms with E-state index in [9.17, 15) is 4.79 Å². The highest BCUT2D eigenvalue weighted by molar-refractivity contribution is 5.90. The lowest BCUT2D eigenvalue weighted by Gasteiger charge is -2.31. The average molecular weight is 341 g/mol. The summed E-state index contributed by atoms with van der Waals surface area (Å²) in [7, 11) is 2.23. The molecule has 0 radical (unpaired) electrons. The Morgan fingerprint density at radius 1 is 1.24 bits per heavy atom. The van der Waals surface area contributed by atoms with Gasteiger partial charge in [-0.2, -0.15) is 0 Å². The fraction of sp³-hybridized carbons (Fsp3) is 0.571. The molecule has 0 aliphatic heterocycles. The molecule has 0 spiro atoms. The molecule has 0 bridgehead atoms. The Kier molecular flexibility index (Phi) is 6.14. The summed E-state index contributed by atoms with van der Waals surface area (Å²) in [6, 6.07) is 8.94. The van der Waals surface area contributed by atoms with Crippen LogP contribution in [0, 0.1) is 6.92 Å². The first-order chi connectivity index (χ1) is 12.1. The predicted molar refractivity (Wildman–Crippen MR) is 104 cm³/mol. The number of benzene rings is 1. The van der Waals surface area contributed by atoms with Crippen molar-refractivity contribution < 1.29 is 4.79 Å². The normalized spacial score (nSPS) is 15.8. The van der Waals surface area contributed by atoms with Crippen LogP contribution in [0.5, 0.6) is 0 Å². The van der Waals surface area contributed by atoms with Crippen molar-refractivity contribution >= 4 is 16.8 Å². The van der Waals surface area contributed by atoms with Crippen LogP contribution in [0.1, 0.15) is 49.8 Å². The van der Waals surface area contributed by atoms with Crippen LogP contribution in [0.15, 0.2) is 24.3 Å². The maximum absolute atomic E-state index is 12.3. The molecule has 25 heavy (non-hydrogen) atoms. The molecule has 4 heteroatoms. The Bertz CT molecular complexity index is 700. The molecule has 0 unspecified atom stereocenters. The standard InChI is InChI=1S/C21H31N3O/c1-16-19(18-11-6-7-12-20(18)23-16)15-21(25)22-13-8-14-24(2)17-9-4-3-5-10-17/h6-7,11-12,17,23H,3-5,8-10,13-15H2,1-2H3,(H,22,25). The molecule has 2 aromatic rings. The minimum atomic E-state index is 0.119. The fourth-order valence-electron chi connectivity index (χ4n) is 4.05. The zero-order valence-electron chi connectivity index (χ0n) is 15.6. The molecule has 0 saturated heterocycles. The van der Waals surface area contributed by atoms with Crippen molar-refractivity contribution in [3.05, 3.63) is 35.5 Å². The van der Waals surface area contributed by atoms with Crippen molar-refractivity contribution in [2.45, 2.75) is 57.9 Å². The van der Waals surface area contributed by atoms with Crippen molar-refractivity contribution in [3.63, 3.8) is 0 Å². The summed E-state index contributed by atoms with van der Waals surface area (Å²) < 4.78 is 0. The number of rotatable bonds is 7. The summed E-state index contributed by atoms with van der Waals surface area (Å²) in [5, 5.41) is 4.25. The lowest BCUT2D eigenvalue weighted by Crippen LogP contribution is -2.36. The summed E-state index contributed by atoms with van der Waals surface area (Å²) in [6.07, 6.45) is 8.28. The maximum atomic E-state index is 12.3. The Morgan fingerprint density at radius 2 is 2.00 bits per heavy atom. The number of H-pyrrole nitrogens is 1. The number of nitrogens with zero attached hydrogens (tertiary/aromatic N) is 1. The molecule has 1 heterocycles. The van der Waals surface area contributed by atoms with Crippen molar-refractivity contribution in [1.82, 2.24) is 15.2 Å². The van der Waals surface area contributed by atoms with Gasteiger partial charge in [0, 0.05) is 29.2 Å². The van der Waals surface area contributed by atoms with Crippen LogP contribution < -0.4 is 5.32 Å². The van der Waals surface area contributed by atoms with E-state index >= 15 is 0 Å². The number of amides is 1. The highest BCUT2D eigenvalue weighted by Gasteiger charge is 2.17. The Hall–Kier alpha value is -1.81. The lowest BCUT2D eigenvalue weighted by molar-refractivity contribution is -0.120. The van der Waals surface area contributed by atoms with Crippen molar-refractivity contribution in [2.24, 2.45) is 0 Å². The van der Waals surface area contributed by atoms with Crippen molar-refractivity contribution in [2.75, 3.05) is 20.1 Å². The van der Waals surface area contributed by atoms with E-state index in [4.69, 9.17) is 0 Å². The van der Waals surface area contributed by atoms with E-state index in [0.717, 1.165) is 47.7 Å². The number of para-hydroxylation sites is 1. The van der Waals surface area contributed by atoms with Gasteiger partial charge in [0.15, 0.2) is 0 Å². The van der Waals surface area contributed by atoms with Gasteiger partial charge in [-0.1, -0.05) is 37.5 Å². The fourth-order valence-corrected chi connectivity index (χ4v) is 4.05. The van der Waals surface area contributed by atoms with Crippen LogP contribution in [-0.4, -0.2) is 42.0 Å². The molecule has 1 aliphatic carbocycles. The van der Waals surface area contributed by atoms with Crippen molar-refractivity contribution in [3.8, 4) is 0 Å². The van der Waals surface area contributed by atoms with E-state index in [1.165, 1.54) is 32.1 Å². The molecule has 1 fully saturated rings. The Balaban J connectivity index is 1.43. The molecule has 1 amide bonds. The largest absolute Gasteiger partial charge is 0.358 e. The topological polar surface area (TPSA) is 48.1 Å². The summed E-state index contributed by atoms with van der Waals surface area (Å²) in [6.45, 7) is 3.87. The van der Waals surface area contributed by atoms with E-state index in [-0.39, 0.29) is 5.91 Å². The number of fused-ring (bicyclic) bond motifs is 1. The Morgan fingerprint density at radius 3 is 2.80 bits per heavy atom. The SMILES string of the molecule is Cc1[nH]c2ccccc2c1CC(=O)NCCCN(C)C1CCCCC1. The number of aromatic amines is 1. The second-order valence-corrected chi connectivity index (χ2v) is 7.43. The monoisotopic (exact) mass is 341 g/mol. The number of hydrogen-bond donors (Lipinski definition) is 2. The van der Waals surface area contributed by atoms with E-state index in [1.54, 1.807) is 0 Å². The second-order valence-electron chi connectivity index (χ2n) is 7.43. The van der Waals surface area contributed by atoms with Gasteiger partial charge in [0.1, 0.15) is 0 Å². The lowest BCUT2D eigenvalue weighted by atomic mass is 9.94. The molecule has 1 aromatic heterocycles. The molecule has 2 N–H and O–H groups in total. The predicted octanol–water partition coefficient (Wildman–Crippen LogP) is 3.79. The second kappa shape index (κ2) is 8.52. The third kappa shape index (κ3) is 4.63. The number of carbonyl (C=O) groups is 1. The third-order valence-electron chi connectivity index (χ3n) is 5.57. The first-order valence-electron chi connectivity index (χ1n) is 9.68. The summed E-state index contributed by atoms with van der Waals surface area (Å²) in [5.74, 6) is 0.119. The summed E-state index contributed by atoms with van der Waals surface area (Å²) >= 11 is 0. The van der Waals surface area contributed by atoms with Crippen LogP contribution in [0.3, 0.4) is 0 Å². The average Bonchev–Trinajstić information content (AvgIpc) is 2.95. The zero-order chi connectivity index (χ0) is 17.6. The minimum absolute atomic E-state index is 0.119. The molecular formula is C21H31N3O. The molecule has 1 saturated carbocycles. The van der Waals surface area contributed by atoms with E-state index in [1.807, 2.05) is 19.1 Å². The number of carbonyl (C=O) groups excluding carboxylic acids is 1. The van der Waals surface area contributed by atoms with E-state index in [0.29, 0.717) is 6.42 Å². The molecule has 3 rings (SSSR count). The Labute approximate surface area is 151 Å². The number of aryl methyl sites for hydroxylation is 1. The first kappa shape index (κ1) is 18.0. The highest BCUT2D eigenvalue weighted by Crippen LogP contribution is 2.22. The maximum Gasteiger partial charge on any atom is 0.224 e. The van der Waals surface area contributed by atoms with Gasteiger partial charge in [0.25, 0.3) is 0 Å². The number of hydrogen-bond acceptors (Lipinski definition) is 2. The van der Waals surface area contributed by atoms with Gasteiger partial charge >= 0.3 is 0 Å². The van der Waals surface area contributed by atoms with Gasteiger partial charge in [-0.25, -0.2) is 0 Å². The molecular weight excluding hydrogens is 310 g/mol. The van der Waals surface area contributed by atoms with Gasteiger partial charge < -0.3 is 15.2 Å². The quantitative estimate of drug-likeness (QED) is 0.753. The van der Waals surface area contributed by atoms with Crippen LogP contribution in [-0.2, 0) is 11.2 Å². The summed E-state index contributed by atoms with van der Waals surface area (Å²) in [5.41, 5.74) is 3.32. The van der Waals surface area contributed by atoms with Gasteiger partial charge in [-0.3, -0.25) is 4.79 Å². The molecule has 0 atom stereocenters. The molecule has 1 aromatic carbocycles. The smallest absolute Gasteiger partial charge is 0.224 e. The first-order valence-corrected chi connectivity index (χ1v) is 9.68.